The molecule has 1 unspecified atom stereocenters. The van der Waals surface area contributed by atoms with Crippen LogP contribution in [0.1, 0.15) is 52.1 Å². The summed E-state index contributed by atoms with van der Waals surface area (Å²) in [5, 5.41) is 0. The van der Waals surface area contributed by atoms with E-state index in [-0.39, 0.29) is 0 Å². The van der Waals surface area contributed by atoms with Gasteiger partial charge in [0.05, 0.1) is 11.4 Å². The zero-order valence-corrected chi connectivity index (χ0v) is 16.2. The summed E-state index contributed by atoms with van der Waals surface area (Å²) in [5.41, 5.74) is 5.22. The van der Waals surface area contributed by atoms with Crippen molar-refractivity contribution in [1.29, 1.82) is 0 Å². The standard InChI is InChI=1S/C17H32N2Si/c1-6-16(20)14-12-11-13-15(18(7-2)8-3)17(14)19(9-4)10-5/h11-13,16H,6-10H2,1-5,20H3. The quantitative estimate of drug-likeness (QED) is 0.679. The first kappa shape index (κ1) is 17.1. The molecule has 0 amide bonds. The third-order valence-electron chi connectivity index (χ3n) is 4.37. The molecular weight excluding hydrogens is 260 g/mol. The molecule has 0 saturated heterocycles. The Morgan fingerprint density at radius 3 is 1.90 bits per heavy atom. The van der Waals surface area contributed by atoms with Crippen LogP contribution >= 0.6 is 0 Å². The van der Waals surface area contributed by atoms with Crippen molar-refractivity contribution in [3.05, 3.63) is 23.8 Å². The zero-order valence-electron chi connectivity index (χ0n) is 14.2. The maximum absolute atomic E-state index is 2.53. The highest BCUT2D eigenvalue weighted by Crippen LogP contribution is 2.37. The van der Waals surface area contributed by atoms with Crippen LogP contribution < -0.4 is 9.80 Å². The largest absolute Gasteiger partial charge is 0.370 e. The fraction of sp³-hybridized carbons (Fsp3) is 0.647. The molecule has 0 aliphatic rings. The summed E-state index contributed by atoms with van der Waals surface area (Å²) in [6, 6.07) is 6.90. The summed E-state index contributed by atoms with van der Waals surface area (Å²) in [4.78, 5) is 5.02. The summed E-state index contributed by atoms with van der Waals surface area (Å²) in [6.07, 6.45) is 1.25. The fourth-order valence-corrected chi connectivity index (χ4v) is 3.34. The molecule has 1 aromatic rings. The van der Waals surface area contributed by atoms with Crippen LogP contribution in [0.25, 0.3) is 0 Å². The number of nitrogens with zero attached hydrogens (tertiary/aromatic N) is 2. The molecule has 0 saturated carbocycles. The molecule has 0 fully saturated rings. The molecule has 0 aliphatic heterocycles. The molecule has 2 nitrogen and oxygen atoms in total. The van der Waals surface area contributed by atoms with Gasteiger partial charge < -0.3 is 9.80 Å². The van der Waals surface area contributed by atoms with E-state index in [9.17, 15) is 0 Å². The summed E-state index contributed by atoms with van der Waals surface area (Å²) >= 11 is 0. The maximum Gasteiger partial charge on any atom is 0.0635 e. The fourth-order valence-electron chi connectivity index (χ4n) is 2.87. The van der Waals surface area contributed by atoms with Crippen molar-refractivity contribution in [2.45, 2.75) is 46.6 Å². The van der Waals surface area contributed by atoms with E-state index < -0.39 is 0 Å². The minimum atomic E-state index is 0.751. The van der Waals surface area contributed by atoms with Gasteiger partial charge in [-0.1, -0.05) is 25.5 Å². The molecule has 1 atom stereocenters. The lowest BCUT2D eigenvalue weighted by Crippen LogP contribution is -2.29. The van der Waals surface area contributed by atoms with Crippen molar-refractivity contribution in [3.63, 3.8) is 0 Å². The van der Waals surface area contributed by atoms with Crippen molar-refractivity contribution in [3.8, 4) is 0 Å². The van der Waals surface area contributed by atoms with Crippen molar-refractivity contribution in [2.24, 2.45) is 0 Å². The number of para-hydroxylation sites is 1. The first-order valence-corrected chi connectivity index (χ1v) is 9.42. The topological polar surface area (TPSA) is 6.48 Å². The highest BCUT2D eigenvalue weighted by Gasteiger charge is 2.19. The molecule has 0 N–H and O–H groups in total. The van der Waals surface area contributed by atoms with Gasteiger partial charge in [-0.3, -0.25) is 0 Å². The Morgan fingerprint density at radius 1 is 0.900 bits per heavy atom. The van der Waals surface area contributed by atoms with E-state index in [1.165, 1.54) is 28.0 Å². The smallest absolute Gasteiger partial charge is 0.0635 e. The molecule has 1 aromatic carbocycles. The van der Waals surface area contributed by atoms with Crippen LogP contribution in [0.4, 0.5) is 11.4 Å². The zero-order chi connectivity index (χ0) is 15.1. The van der Waals surface area contributed by atoms with Gasteiger partial charge >= 0.3 is 0 Å². The van der Waals surface area contributed by atoms with Gasteiger partial charge in [0.1, 0.15) is 0 Å². The molecule has 114 valence electrons. The Bertz CT molecular complexity index is 398. The van der Waals surface area contributed by atoms with Crippen molar-refractivity contribution < 1.29 is 0 Å². The van der Waals surface area contributed by atoms with Gasteiger partial charge in [0, 0.05) is 36.4 Å². The predicted molar refractivity (Wildman–Crippen MR) is 96.5 cm³/mol. The minimum absolute atomic E-state index is 0.751. The Labute approximate surface area is 128 Å². The highest BCUT2D eigenvalue weighted by molar-refractivity contribution is 6.13. The van der Waals surface area contributed by atoms with E-state index in [2.05, 4.69) is 62.6 Å². The van der Waals surface area contributed by atoms with E-state index in [1.54, 1.807) is 5.56 Å². The van der Waals surface area contributed by atoms with Gasteiger partial charge in [-0.05, 0) is 44.9 Å². The number of anilines is 2. The van der Waals surface area contributed by atoms with Crippen LogP contribution in [0.3, 0.4) is 0 Å². The summed E-state index contributed by atoms with van der Waals surface area (Å²) in [5.74, 6) is 0. The maximum atomic E-state index is 2.53. The van der Waals surface area contributed by atoms with Crippen molar-refractivity contribution in [2.75, 3.05) is 36.0 Å². The number of hydrogen-bond acceptors (Lipinski definition) is 2. The molecule has 0 aromatic heterocycles. The molecule has 0 bridgehead atoms. The molecule has 0 aliphatic carbocycles. The van der Waals surface area contributed by atoms with Gasteiger partial charge in [-0.15, -0.1) is 0 Å². The lowest BCUT2D eigenvalue weighted by Gasteiger charge is -2.33. The average Bonchev–Trinajstić information content (AvgIpc) is 2.49. The first-order valence-electron chi connectivity index (χ1n) is 8.27. The van der Waals surface area contributed by atoms with Gasteiger partial charge in [0.2, 0.25) is 0 Å². The molecule has 20 heavy (non-hydrogen) atoms. The SMILES string of the molecule is CCC([SiH3])c1cccc(N(CC)CC)c1N(CC)CC. The van der Waals surface area contributed by atoms with E-state index >= 15 is 0 Å². The van der Waals surface area contributed by atoms with Crippen LogP contribution in [-0.4, -0.2) is 36.4 Å². The van der Waals surface area contributed by atoms with Crippen LogP contribution in [0.5, 0.6) is 0 Å². The number of rotatable bonds is 8. The van der Waals surface area contributed by atoms with Crippen molar-refractivity contribution >= 4 is 21.6 Å². The molecule has 0 heterocycles. The average molecular weight is 293 g/mol. The minimum Gasteiger partial charge on any atom is -0.370 e. The third-order valence-corrected chi connectivity index (χ3v) is 5.81. The van der Waals surface area contributed by atoms with Crippen LogP contribution in [0, 0.1) is 0 Å². The molecule has 0 spiro atoms. The first-order chi connectivity index (χ1) is 9.64. The second kappa shape index (κ2) is 8.35. The highest BCUT2D eigenvalue weighted by atomic mass is 28.1. The molecule has 3 heteroatoms. The van der Waals surface area contributed by atoms with Crippen LogP contribution in [0.2, 0.25) is 0 Å². The van der Waals surface area contributed by atoms with E-state index in [0.29, 0.717) is 0 Å². The normalized spacial score (nSPS) is 12.4. The number of hydrogen-bond donors (Lipinski definition) is 0. The van der Waals surface area contributed by atoms with Crippen LogP contribution in [-0.2, 0) is 0 Å². The van der Waals surface area contributed by atoms with Gasteiger partial charge in [-0.2, -0.15) is 0 Å². The summed E-state index contributed by atoms with van der Waals surface area (Å²) in [6.45, 7) is 15.7. The second-order valence-electron chi connectivity index (χ2n) is 5.37. The predicted octanol–water partition coefficient (Wildman–Crippen LogP) is 3.20. The van der Waals surface area contributed by atoms with E-state index in [0.717, 1.165) is 31.7 Å². The summed E-state index contributed by atoms with van der Waals surface area (Å²) in [7, 11) is 1.23. The van der Waals surface area contributed by atoms with E-state index in [1.807, 2.05) is 0 Å². The lowest BCUT2D eigenvalue weighted by atomic mass is 10.0. The Hall–Kier alpha value is -0.963. The molecular formula is C17H32N2Si. The second-order valence-corrected chi connectivity index (χ2v) is 6.76. The van der Waals surface area contributed by atoms with Crippen molar-refractivity contribution in [1.82, 2.24) is 0 Å². The van der Waals surface area contributed by atoms with Crippen LogP contribution in [0.15, 0.2) is 18.2 Å². The molecule has 0 radical (unpaired) electrons. The lowest BCUT2D eigenvalue weighted by molar-refractivity contribution is 0.809. The number of benzene rings is 1. The summed E-state index contributed by atoms with van der Waals surface area (Å²) < 4.78 is 0. The van der Waals surface area contributed by atoms with Gasteiger partial charge in [-0.25, -0.2) is 0 Å². The van der Waals surface area contributed by atoms with Gasteiger partial charge in [0.25, 0.3) is 0 Å². The Balaban J connectivity index is 3.42. The van der Waals surface area contributed by atoms with Gasteiger partial charge in [0.15, 0.2) is 0 Å². The monoisotopic (exact) mass is 292 g/mol. The Kier molecular flexibility index (Phi) is 7.14. The molecule has 1 rings (SSSR count). The van der Waals surface area contributed by atoms with E-state index in [4.69, 9.17) is 0 Å². The Morgan fingerprint density at radius 2 is 1.45 bits per heavy atom. The third kappa shape index (κ3) is 3.57.